The molecule has 1 aromatic carbocycles. The van der Waals surface area contributed by atoms with Gasteiger partial charge in [-0.1, -0.05) is 17.1 Å². The molecule has 0 saturated heterocycles. The summed E-state index contributed by atoms with van der Waals surface area (Å²) in [6.07, 6.45) is 5.11. The van der Waals surface area contributed by atoms with E-state index < -0.39 is 4.92 Å². The van der Waals surface area contributed by atoms with Gasteiger partial charge in [-0.05, 0) is 12.5 Å². The van der Waals surface area contributed by atoms with Crippen molar-refractivity contribution in [2.24, 2.45) is 0 Å². The minimum atomic E-state index is -0.460. The molecule has 1 N–H and O–H groups in total. The fourth-order valence-electron chi connectivity index (χ4n) is 1.64. The van der Waals surface area contributed by atoms with Crippen molar-refractivity contribution in [3.63, 3.8) is 0 Å². The number of non-ortho nitro benzene ring substituents is 1. The van der Waals surface area contributed by atoms with E-state index in [1.807, 2.05) is 6.92 Å². The molecular formula is C13H12N4O3. The maximum Gasteiger partial charge on any atom is 0.270 e. The number of rotatable bonds is 5. The summed E-state index contributed by atoms with van der Waals surface area (Å²) in [5, 5.41) is 17.5. The first-order valence-corrected chi connectivity index (χ1v) is 5.84. The van der Waals surface area contributed by atoms with E-state index in [0.717, 1.165) is 5.56 Å². The molecule has 0 bridgehead atoms. The number of aryl methyl sites for hydroxylation is 1. The Kier molecular flexibility index (Phi) is 4.08. The lowest BCUT2D eigenvalue weighted by Gasteiger charge is -2.00. The molecule has 0 aliphatic carbocycles. The molecule has 0 fully saturated rings. The zero-order chi connectivity index (χ0) is 14.5. The second kappa shape index (κ2) is 5.95. The highest BCUT2D eigenvalue weighted by molar-refractivity contribution is 5.63. The van der Waals surface area contributed by atoms with Gasteiger partial charge in [-0.3, -0.25) is 15.4 Å². The van der Waals surface area contributed by atoms with Crippen molar-refractivity contribution in [1.29, 1.82) is 0 Å². The topological polar surface area (TPSA) is 94.1 Å². The van der Waals surface area contributed by atoms with Gasteiger partial charge in [0, 0.05) is 17.7 Å². The monoisotopic (exact) mass is 272 g/mol. The number of aromatic nitrogens is 2. The Hall–Kier alpha value is -2.72. The van der Waals surface area contributed by atoms with Crippen molar-refractivity contribution in [2.45, 2.75) is 13.5 Å². The zero-order valence-corrected chi connectivity index (χ0v) is 10.8. The highest BCUT2D eigenvalue weighted by atomic mass is 16.6. The molecule has 0 atom stereocenters. The van der Waals surface area contributed by atoms with E-state index in [0.29, 0.717) is 30.4 Å². The molecule has 20 heavy (non-hydrogen) atoms. The summed E-state index contributed by atoms with van der Waals surface area (Å²) in [7, 11) is 0. The predicted octanol–water partition coefficient (Wildman–Crippen LogP) is 1.68. The Morgan fingerprint density at radius 2 is 2.35 bits per heavy atom. The van der Waals surface area contributed by atoms with E-state index in [2.05, 4.69) is 21.4 Å². The van der Waals surface area contributed by atoms with Gasteiger partial charge in [0.25, 0.3) is 5.69 Å². The molecule has 102 valence electrons. The first kappa shape index (κ1) is 13.7. The van der Waals surface area contributed by atoms with Crippen molar-refractivity contribution in [2.75, 3.05) is 6.54 Å². The van der Waals surface area contributed by atoms with Gasteiger partial charge in [0.1, 0.15) is 0 Å². The van der Waals surface area contributed by atoms with Crippen LogP contribution < -0.4 is 5.32 Å². The highest BCUT2D eigenvalue weighted by Crippen LogP contribution is 2.25. The Morgan fingerprint density at radius 1 is 1.55 bits per heavy atom. The van der Waals surface area contributed by atoms with E-state index in [4.69, 9.17) is 10.9 Å². The molecule has 7 nitrogen and oxygen atoms in total. The van der Waals surface area contributed by atoms with Gasteiger partial charge >= 0.3 is 0 Å². The van der Waals surface area contributed by atoms with Crippen LogP contribution in [0.2, 0.25) is 0 Å². The van der Waals surface area contributed by atoms with Crippen molar-refractivity contribution in [1.82, 2.24) is 15.5 Å². The van der Waals surface area contributed by atoms with Crippen LogP contribution in [-0.2, 0) is 6.54 Å². The molecule has 2 aromatic rings. The molecular weight excluding hydrogens is 260 g/mol. The van der Waals surface area contributed by atoms with Gasteiger partial charge in [0.05, 0.1) is 18.0 Å². The van der Waals surface area contributed by atoms with Crippen LogP contribution in [0.1, 0.15) is 11.5 Å². The summed E-state index contributed by atoms with van der Waals surface area (Å²) < 4.78 is 5.06. The second-order valence-corrected chi connectivity index (χ2v) is 4.08. The standard InChI is InChI=1S/C13H12N4O3/c1-3-6-14-8-12-15-13(16-20-12)11-7-10(17(18)19)5-4-9(11)2/h1,4-5,7,14H,6,8H2,2H3. The lowest BCUT2D eigenvalue weighted by atomic mass is 10.1. The zero-order valence-electron chi connectivity index (χ0n) is 10.8. The summed E-state index contributed by atoms with van der Waals surface area (Å²) in [4.78, 5) is 14.5. The van der Waals surface area contributed by atoms with Crippen LogP contribution in [0.25, 0.3) is 11.4 Å². The van der Waals surface area contributed by atoms with Crippen LogP contribution in [0.5, 0.6) is 0 Å². The summed E-state index contributed by atoms with van der Waals surface area (Å²) in [6, 6.07) is 4.52. The SMILES string of the molecule is C#CCNCc1nc(-c2cc([N+](=O)[O-])ccc2C)no1. The molecule has 0 aliphatic rings. The Morgan fingerprint density at radius 3 is 3.05 bits per heavy atom. The van der Waals surface area contributed by atoms with Gasteiger partial charge in [0.2, 0.25) is 11.7 Å². The predicted molar refractivity (Wildman–Crippen MR) is 71.7 cm³/mol. The minimum absolute atomic E-state index is 0.0117. The molecule has 0 aliphatic heterocycles. The lowest BCUT2D eigenvalue weighted by Crippen LogP contribution is -2.13. The first-order chi connectivity index (χ1) is 9.61. The molecule has 0 spiro atoms. The summed E-state index contributed by atoms with van der Waals surface area (Å²) in [5.74, 6) is 3.13. The fraction of sp³-hybridized carbons (Fsp3) is 0.231. The number of hydrogen-bond donors (Lipinski definition) is 1. The number of hydrogen-bond acceptors (Lipinski definition) is 6. The van der Waals surface area contributed by atoms with Gasteiger partial charge < -0.3 is 4.52 Å². The molecule has 1 aromatic heterocycles. The third-order valence-electron chi connectivity index (χ3n) is 2.64. The quantitative estimate of drug-likeness (QED) is 0.385. The van der Waals surface area contributed by atoms with Crippen LogP contribution in [0, 0.1) is 29.4 Å². The molecule has 0 unspecified atom stereocenters. The minimum Gasteiger partial charge on any atom is -0.338 e. The van der Waals surface area contributed by atoms with Crippen LogP contribution in [0.15, 0.2) is 22.7 Å². The van der Waals surface area contributed by atoms with Gasteiger partial charge in [-0.15, -0.1) is 6.42 Å². The Labute approximate surface area is 115 Å². The third-order valence-corrected chi connectivity index (χ3v) is 2.64. The molecule has 1 heterocycles. The van der Waals surface area contributed by atoms with Crippen molar-refractivity contribution in [3.8, 4) is 23.7 Å². The first-order valence-electron chi connectivity index (χ1n) is 5.84. The molecule has 0 radical (unpaired) electrons. The van der Waals surface area contributed by atoms with Gasteiger partial charge in [0.15, 0.2) is 0 Å². The number of terminal acetylenes is 1. The van der Waals surface area contributed by atoms with Crippen LogP contribution in [0.4, 0.5) is 5.69 Å². The third kappa shape index (κ3) is 2.99. The van der Waals surface area contributed by atoms with Gasteiger partial charge in [-0.2, -0.15) is 4.98 Å². The average Bonchev–Trinajstić information content (AvgIpc) is 2.88. The fourth-order valence-corrected chi connectivity index (χ4v) is 1.64. The van der Waals surface area contributed by atoms with Crippen molar-refractivity contribution >= 4 is 5.69 Å². The maximum absolute atomic E-state index is 10.8. The van der Waals surface area contributed by atoms with E-state index in [9.17, 15) is 10.1 Å². The van der Waals surface area contributed by atoms with Crippen LogP contribution >= 0.6 is 0 Å². The van der Waals surface area contributed by atoms with Crippen molar-refractivity contribution < 1.29 is 9.45 Å². The molecule has 0 saturated carbocycles. The van der Waals surface area contributed by atoms with Crippen LogP contribution in [-0.4, -0.2) is 21.6 Å². The molecule has 0 amide bonds. The normalized spacial score (nSPS) is 10.2. The van der Waals surface area contributed by atoms with E-state index in [1.54, 1.807) is 6.07 Å². The number of nitrogens with zero attached hydrogens (tertiary/aromatic N) is 3. The molecule has 2 rings (SSSR count). The van der Waals surface area contributed by atoms with E-state index in [-0.39, 0.29) is 5.69 Å². The average molecular weight is 272 g/mol. The van der Waals surface area contributed by atoms with Crippen molar-refractivity contribution in [3.05, 3.63) is 39.8 Å². The summed E-state index contributed by atoms with van der Waals surface area (Å²) >= 11 is 0. The van der Waals surface area contributed by atoms with E-state index in [1.165, 1.54) is 12.1 Å². The maximum atomic E-state index is 10.8. The highest BCUT2D eigenvalue weighted by Gasteiger charge is 2.15. The lowest BCUT2D eigenvalue weighted by molar-refractivity contribution is -0.384. The second-order valence-electron chi connectivity index (χ2n) is 4.08. The van der Waals surface area contributed by atoms with Gasteiger partial charge in [-0.25, -0.2) is 0 Å². The largest absolute Gasteiger partial charge is 0.338 e. The smallest absolute Gasteiger partial charge is 0.270 e. The number of nitro groups is 1. The van der Waals surface area contributed by atoms with E-state index >= 15 is 0 Å². The molecule has 7 heteroatoms. The summed E-state index contributed by atoms with van der Waals surface area (Å²) in [5.41, 5.74) is 1.40. The Balaban J connectivity index is 2.25. The number of nitrogens with one attached hydrogen (secondary N) is 1. The van der Waals surface area contributed by atoms with Crippen LogP contribution in [0.3, 0.4) is 0 Å². The Bertz CT molecular complexity index is 672. The summed E-state index contributed by atoms with van der Waals surface area (Å²) in [6.45, 7) is 2.57. The number of nitro benzene ring substituents is 1. The number of benzene rings is 1.